The minimum atomic E-state index is -1.26. The highest BCUT2D eigenvalue weighted by molar-refractivity contribution is 5.76. The summed E-state index contributed by atoms with van der Waals surface area (Å²) in [7, 11) is 0. The van der Waals surface area contributed by atoms with Crippen molar-refractivity contribution in [1.29, 1.82) is 0 Å². The third kappa shape index (κ3) is 7.16. The summed E-state index contributed by atoms with van der Waals surface area (Å²) < 4.78 is 5.02. The number of aliphatic hydroxyl groups is 3. The zero-order valence-electron chi connectivity index (χ0n) is 14.3. The van der Waals surface area contributed by atoms with Crippen molar-refractivity contribution >= 4 is 5.91 Å². The Hall–Kier alpha value is -0.690. The van der Waals surface area contributed by atoms with Gasteiger partial charge in [0.25, 0.3) is 0 Å². The number of aliphatic hydroxyl groups excluding tert-OH is 3. The van der Waals surface area contributed by atoms with Crippen molar-refractivity contribution in [3.8, 4) is 0 Å². The maximum atomic E-state index is 11.9. The first-order valence-electron chi connectivity index (χ1n) is 8.85. The van der Waals surface area contributed by atoms with Gasteiger partial charge in [-0.05, 0) is 13.3 Å². The highest BCUT2D eigenvalue weighted by Gasteiger charge is 2.43. The van der Waals surface area contributed by atoms with Crippen molar-refractivity contribution in [1.82, 2.24) is 5.32 Å². The number of unbranched alkanes of at least 4 members (excludes halogenated alkanes) is 7. The van der Waals surface area contributed by atoms with Gasteiger partial charge in [0.1, 0.15) is 18.2 Å². The van der Waals surface area contributed by atoms with Crippen molar-refractivity contribution in [3.05, 3.63) is 6.29 Å². The highest BCUT2D eigenvalue weighted by atomic mass is 16.6. The van der Waals surface area contributed by atoms with Crippen molar-refractivity contribution < 1.29 is 24.9 Å². The summed E-state index contributed by atoms with van der Waals surface area (Å²) in [5.41, 5.74) is 0. The van der Waals surface area contributed by atoms with Gasteiger partial charge in [0.05, 0.1) is 6.10 Å². The maximum Gasteiger partial charge on any atom is 0.247 e. The molecule has 0 aromatic heterocycles. The lowest BCUT2D eigenvalue weighted by molar-refractivity contribution is -0.185. The first kappa shape index (κ1) is 20.4. The molecular weight excluding hydrogens is 298 g/mol. The molecule has 0 bridgehead atoms. The zero-order chi connectivity index (χ0) is 17.2. The molecule has 1 aliphatic heterocycles. The topological polar surface area (TPSA) is 99.0 Å². The molecule has 0 aromatic carbocycles. The molecule has 1 heterocycles. The molecule has 1 fully saturated rings. The van der Waals surface area contributed by atoms with Gasteiger partial charge in [-0.25, -0.2) is 0 Å². The van der Waals surface area contributed by atoms with Crippen LogP contribution in [0.15, 0.2) is 0 Å². The Kier molecular flexibility index (Phi) is 9.71. The molecule has 6 heteroatoms. The second kappa shape index (κ2) is 11.0. The van der Waals surface area contributed by atoms with Crippen LogP contribution in [0.25, 0.3) is 0 Å². The Labute approximate surface area is 139 Å². The van der Waals surface area contributed by atoms with Gasteiger partial charge in [0.15, 0.2) is 0 Å². The Bertz CT molecular complexity index is 339. The van der Waals surface area contributed by atoms with E-state index in [1.807, 2.05) is 0 Å². The second-order valence-corrected chi connectivity index (χ2v) is 6.41. The van der Waals surface area contributed by atoms with Gasteiger partial charge in [-0.2, -0.15) is 0 Å². The molecule has 0 aliphatic carbocycles. The van der Waals surface area contributed by atoms with E-state index in [1.165, 1.54) is 32.1 Å². The Balaban J connectivity index is 2.16. The maximum absolute atomic E-state index is 11.9. The molecule has 1 rings (SSSR count). The van der Waals surface area contributed by atoms with Crippen molar-refractivity contribution in [2.75, 3.05) is 0 Å². The molecule has 6 nitrogen and oxygen atoms in total. The first-order valence-corrected chi connectivity index (χ1v) is 8.85. The molecule has 1 aliphatic rings. The smallest absolute Gasteiger partial charge is 0.247 e. The second-order valence-electron chi connectivity index (χ2n) is 6.41. The number of carbonyl (C=O) groups is 1. The van der Waals surface area contributed by atoms with E-state index in [0.29, 0.717) is 6.42 Å². The molecule has 0 spiro atoms. The van der Waals surface area contributed by atoms with Crippen LogP contribution in [0, 0.1) is 6.29 Å². The number of hydrogen-bond donors (Lipinski definition) is 4. The van der Waals surface area contributed by atoms with Gasteiger partial charge < -0.3 is 25.4 Å². The van der Waals surface area contributed by atoms with Crippen molar-refractivity contribution in [2.45, 2.75) is 96.0 Å². The fourth-order valence-electron chi connectivity index (χ4n) is 2.77. The van der Waals surface area contributed by atoms with Gasteiger partial charge in [0.2, 0.25) is 12.2 Å². The molecule has 4 N–H and O–H groups in total. The summed E-state index contributed by atoms with van der Waals surface area (Å²) in [4.78, 5) is 11.9. The molecule has 4 atom stereocenters. The van der Waals surface area contributed by atoms with Gasteiger partial charge in [0, 0.05) is 6.42 Å². The number of ether oxygens (including phenoxy) is 1. The molecule has 1 amide bonds. The van der Waals surface area contributed by atoms with E-state index >= 15 is 0 Å². The van der Waals surface area contributed by atoms with E-state index in [-0.39, 0.29) is 5.91 Å². The number of carbonyl (C=O) groups excluding carboxylic acids is 1. The van der Waals surface area contributed by atoms with Crippen LogP contribution in [-0.2, 0) is 9.53 Å². The molecule has 1 saturated heterocycles. The quantitative estimate of drug-likeness (QED) is 0.459. The highest BCUT2D eigenvalue weighted by Crippen LogP contribution is 2.24. The summed E-state index contributed by atoms with van der Waals surface area (Å²) in [6.45, 7) is 3.74. The normalized spacial score (nSPS) is 28.7. The zero-order valence-corrected chi connectivity index (χ0v) is 14.3. The van der Waals surface area contributed by atoms with E-state index in [1.54, 1.807) is 6.92 Å². The van der Waals surface area contributed by atoms with Crippen LogP contribution in [0.5, 0.6) is 0 Å². The lowest BCUT2D eigenvalue weighted by atomic mass is 9.97. The number of nitrogens with one attached hydrogen (secondary N) is 1. The fraction of sp³-hybridized carbons (Fsp3) is 0.882. The third-order valence-corrected chi connectivity index (χ3v) is 4.32. The predicted molar refractivity (Wildman–Crippen MR) is 86.9 cm³/mol. The van der Waals surface area contributed by atoms with Crippen LogP contribution in [0.3, 0.4) is 0 Å². The predicted octanol–water partition coefficient (Wildman–Crippen LogP) is 2.00. The monoisotopic (exact) mass is 330 g/mol. The molecule has 135 valence electrons. The van der Waals surface area contributed by atoms with E-state index < -0.39 is 30.6 Å². The largest absolute Gasteiger partial charge is 0.388 e. The number of hydrogen-bond acceptors (Lipinski definition) is 5. The van der Waals surface area contributed by atoms with Crippen molar-refractivity contribution in [3.63, 3.8) is 0 Å². The average molecular weight is 330 g/mol. The minimum Gasteiger partial charge on any atom is -0.388 e. The fourth-order valence-corrected chi connectivity index (χ4v) is 2.77. The number of rotatable bonds is 10. The lowest BCUT2D eigenvalue weighted by Crippen LogP contribution is -2.59. The van der Waals surface area contributed by atoms with Gasteiger partial charge in [-0.15, -0.1) is 0 Å². The van der Waals surface area contributed by atoms with Crippen LogP contribution in [0.1, 0.15) is 71.6 Å². The Morgan fingerprint density at radius 1 is 1.04 bits per heavy atom. The van der Waals surface area contributed by atoms with Crippen molar-refractivity contribution in [2.24, 2.45) is 0 Å². The summed E-state index contributed by atoms with van der Waals surface area (Å²) in [6.07, 6.45) is 5.98. The van der Waals surface area contributed by atoms with Crippen LogP contribution >= 0.6 is 0 Å². The SMILES string of the molecule is CCCCCCCCCCC(=O)N[C@H]1[C](O)O[C@H](C)[C@@H](O)[C@@H]1O. The van der Waals surface area contributed by atoms with E-state index in [0.717, 1.165) is 19.3 Å². The molecule has 0 saturated carbocycles. The molecule has 23 heavy (non-hydrogen) atoms. The van der Waals surface area contributed by atoms with Gasteiger partial charge in [-0.1, -0.05) is 51.9 Å². The average Bonchev–Trinajstić information content (AvgIpc) is 2.52. The number of amides is 1. The summed E-state index contributed by atoms with van der Waals surface area (Å²) in [5.74, 6) is -0.253. The van der Waals surface area contributed by atoms with E-state index in [9.17, 15) is 20.1 Å². The lowest BCUT2D eigenvalue weighted by Gasteiger charge is -2.38. The van der Waals surface area contributed by atoms with Gasteiger partial charge in [-0.3, -0.25) is 4.79 Å². The van der Waals surface area contributed by atoms with Crippen LogP contribution in [-0.4, -0.2) is 45.6 Å². The van der Waals surface area contributed by atoms with Crippen LogP contribution in [0.2, 0.25) is 0 Å². The summed E-state index contributed by atoms with van der Waals surface area (Å²) >= 11 is 0. The summed E-state index contributed by atoms with van der Waals surface area (Å²) in [5, 5.41) is 31.9. The molecule has 1 radical (unpaired) electrons. The van der Waals surface area contributed by atoms with E-state index in [4.69, 9.17) is 4.74 Å². The van der Waals surface area contributed by atoms with Crippen LogP contribution in [0.4, 0.5) is 0 Å². The molecule has 0 unspecified atom stereocenters. The molecule has 0 aromatic rings. The van der Waals surface area contributed by atoms with Crippen LogP contribution < -0.4 is 5.32 Å². The first-order chi connectivity index (χ1) is 11.0. The van der Waals surface area contributed by atoms with Gasteiger partial charge >= 0.3 is 0 Å². The molecular formula is C17H32NO5. The standard InChI is InChI=1S/C17H32NO5/c1-3-4-5-6-7-8-9-10-11-13(19)18-14-16(21)15(20)12(2)23-17(14)22/h12,14-16,20-22H,3-11H2,1-2H3,(H,18,19)/t12-,14-,15-,16-/m1/s1. The minimum absolute atomic E-state index is 0.253. The Morgan fingerprint density at radius 3 is 2.22 bits per heavy atom. The van der Waals surface area contributed by atoms with E-state index in [2.05, 4.69) is 12.2 Å². The summed E-state index contributed by atoms with van der Waals surface area (Å²) in [6, 6.07) is -1.07. The Morgan fingerprint density at radius 2 is 1.61 bits per heavy atom. The third-order valence-electron chi connectivity index (χ3n) is 4.32.